The summed E-state index contributed by atoms with van der Waals surface area (Å²) in [6.45, 7) is 6.35. The van der Waals surface area contributed by atoms with E-state index in [2.05, 4.69) is 55.1 Å². The van der Waals surface area contributed by atoms with Crippen molar-refractivity contribution in [3.8, 4) is 5.75 Å². The Morgan fingerprint density at radius 3 is 2.45 bits per heavy atom. The van der Waals surface area contributed by atoms with Gasteiger partial charge in [0.2, 0.25) is 0 Å². The lowest BCUT2D eigenvalue weighted by atomic mass is 9.98. The zero-order valence-corrected chi connectivity index (χ0v) is 17.5. The molecule has 3 nitrogen and oxygen atoms in total. The third kappa shape index (κ3) is 5.84. The molecule has 1 aromatic carbocycles. The van der Waals surface area contributed by atoms with Gasteiger partial charge in [0.05, 0.1) is 4.47 Å². The summed E-state index contributed by atoms with van der Waals surface area (Å²) in [6, 6.07) is 4.25. The first kappa shape index (κ1) is 22.5. The highest BCUT2D eigenvalue weighted by atomic mass is 79.9. The molecule has 7 heteroatoms. The summed E-state index contributed by atoms with van der Waals surface area (Å²) >= 11 is 6.98. The Balaban J connectivity index is 0.00000220. The molecular formula is C15H24Br2Cl2N2O. The van der Waals surface area contributed by atoms with E-state index >= 15 is 0 Å². The van der Waals surface area contributed by atoms with E-state index in [1.165, 1.54) is 12.8 Å². The number of aromatic hydroxyl groups is 1. The second-order valence-corrected chi connectivity index (χ2v) is 7.04. The second-order valence-electron chi connectivity index (χ2n) is 5.27. The fourth-order valence-corrected chi connectivity index (χ4v) is 4.02. The van der Waals surface area contributed by atoms with Crippen molar-refractivity contribution < 1.29 is 5.11 Å². The SMILES string of the molecule is CCCC[C@@H](c1cc(Br)cc(Br)c1O)N1CCNCC1.Cl.Cl. The summed E-state index contributed by atoms with van der Waals surface area (Å²) in [5, 5.41) is 13.8. The van der Waals surface area contributed by atoms with E-state index in [0.717, 1.165) is 47.1 Å². The minimum absolute atomic E-state index is 0. The number of benzene rings is 1. The van der Waals surface area contributed by atoms with Crippen LogP contribution in [0.2, 0.25) is 0 Å². The molecule has 1 aliphatic heterocycles. The molecule has 0 aliphatic carbocycles. The van der Waals surface area contributed by atoms with Crippen LogP contribution in [-0.2, 0) is 0 Å². The van der Waals surface area contributed by atoms with Gasteiger partial charge in [-0.3, -0.25) is 4.90 Å². The summed E-state index contributed by atoms with van der Waals surface area (Å²) in [4.78, 5) is 2.49. The van der Waals surface area contributed by atoms with Crippen molar-refractivity contribution in [2.24, 2.45) is 0 Å². The summed E-state index contributed by atoms with van der Waals surface area (Å²) in [7, 11) is 0. The van der Waals surface area contributed by atoms with Gasteiger partial charge < -0.3 is 10.4 Å². The Morgan fingerprint density at radius 2 is 1.86 bits per heavy atom. The number of rotatable bonds is 5. The monoisotopic (exact) mass is 476 g/mol. The van der Waals surface area contributed by atoms with Gasteiger partial charge in [-0.2, -0.15) is 0 Å². The maximum absolute atomic E-state index is 10.4. The van der Waals surface area contributed by atoms with E-state index in [0.29, 0.717) is 11.8 Å². The van der Waals surface area contributed by atoms with Gasteiger partial charge in [-0.1, -0.05) is 35.7 Å². The molecule has 1 atom stereocenters. The van der Waals surface area contributed by atoms with Crippen molar-refractivity contribution in [2.45, 2.75) is 32.2 Å². The Morgan fingerprint density at radius 1 is 1.23 bits per heavy atom. The lowest BCUT2D eigenvalue weighted by molar-refractivity contribution is 0.160. The smallest absolute Gasteiger partial charge is 0.134 e. The lowest BCUT2D eigenvalue weighted by Gasteiger charge is -2.35. The third-order valence-electron chi connectivity index (χ3n) is 3.84. The molecular weight excluding hydrogens is 455 g/mol. The van der Waals surface area contributed by atoms with Crippen molar-refractivity contribution in [3.63, 3.8) is 0 Å². The van der Waals surface area contributed by atoms with Gasteiger partial charge in [-0.05, 0) is 34.5 Å². The van der Waals surface area contributed by atoms with Crippen molar-refractivity contribution >= 4 is 56.7 Å². The van der Waals surface area contributed by atoms with Crippen LogP contribution in [-0.4, -0.2) is 36.2 Å². The fraction of sp³-hybridized carbons (Fsp3) is 0.600. The summed E-state index contributed by atoms with van der Waals surface area (Å²) < 4.78 is 1.77. The molecule has 128 valence electrons. The van der Waals surface area contributed by atoms with E-state index < -0.39 is 0 Å². The standard InChI is InChI=1S/C15H22Br2N2O.2ClH/c1-2-3-4-14(19-7-5-18-6-8-19)12-9-11(16)10-13(17)15(12)20;;/h9-10,14,18,20H,2-8H2,1H3;2*1H/t14-;;/m0../s1. The Labute approximate surface area is 162 Å². The maximum Gasteiger partial charge on any atom is 0.134 e. The topological polar surface area (TPSA) is 35.5 Å². The first-order valence-electron chi connectivity index (χ1n) is 7.26. The molecule has 2 N–H and O–H groups in total. The summed E-state index contributed by atoms with van der Waals surface area (Å²) in [5.74, 6) is 0.382. The van der Waals surface area contributed by atoms with Gasteiger partial charge in [0.1, 0.15) is 5.75 Å². The van der Waals surface area contributed by atoms with E-state index in [4.69, 9.17) is 0 Å². The first-order chi connectivity index (χ1) is 9.63. The number of piperazine rings is 1. The highest BCUT2D eigenvalue weighted by Crippen LogP contribution is 2.39. The van der Waals surface area contributed by atoms with Crippen LogP contribution in [0.3, 0.4) is 0 Å². The first-order valence-corrected chi connectivity index (χ1v) is 8.84. The van der Waals surface area contributed by atoms with E-state index in [-0.39, 0.29) is 24.8 Å². The number of hydrogen-bond acceptors (Lipinski definition) is 3. The minimum atomic E-state index is 0. The summed E-state index contributed by atoms with van der Waals surface area (Å²) in [6.07, 6.45) is 3.45. The van der Waals surface area contributed by atoms with Gasteiger partial charge in [0.15, 0.2) is 0 Å². The van der Waals surface area contributed by atoms with Gasteiger partial charge in [0, 0.05) is 42.3 Å². The zero-order chi connectivity index (χ0) is 14.5. The molecule has 0 aromatic heterocycles. The van der Waals surface area contributed by atoms with Crippen LogP contribution < -0.4 is 5.32 Å². The van der Waals surface area contributed by atoms with Crippen molar-refractivity contribution in [3.05, 3.63) is 26.6 Å². The van der Waals surface area contributed by atoms with Crippen molar-refractivity contribution in [1.29, 1.82) is 0 Å². The van der Waals surface area contributed by atoms with Crippen LogP contribution in [0.5, 0.6) is 5.75 Å². The third-order valence-corrected chi connectivity index (χ3v) is 4.90. The fourth-order valence-electron chi connectivity index (χ4n) is 2.77. The number of phenols is 1. The Hall–Kier alpha value is 0.480. The zero-order valence-electron chi connectivity index (χ0n) is 12.6. The van der Waals surface area contributed by atoms with Gasteiger partial charge in [-0.15, -0.1) is 24.8 Å². The number of nitrogens with one attached hydrogen (secondary N) is 1. The maximum atomic E-state index is 10.4. The molecule has 1 aromatic rings. The van der Waals surface area contributed by atoms with Crippen LogP contribution in [0.4, 0.5) is 0 Å². The number of phenolic OH excluding ortho intramolecular Hbond substituents is 1. The largest absolute Gasteiger partial charge is 0.506 e. The highest BCUT2D eigenvalue weighted by molar-refractivity contribution is 9.11. The molecule has 0 spiro atoms. The minimum Gasteiger partial charge on any atom is -0.506 e. The van der Waals surface area contributed by atoms with E-state index in [9.17, 15) is 5.11 Å². The average molecular weight is 479 g/mol. The molecule has 1 heterocycles. The normalized spacial score (nSPS) is 16.5. The highest BCUT2D eigenvalue weighted by Gasteiger charge is 2.25. The molecule has 0 bridgehead atoms. The quantitative estimate of drug-likeness (QED) is 0.632. The number of hydrogen-bond donors (Lipinski definition) is 2. The Bertz CT molecular complexity index is 457. The molecule has 1 saturated heterocycles. The van der Waals surface area contributed by atoms with Crippen molar-refractivity contribution in [2.75, 3.05) is 26.2 Å². The number of nitrogens with zero attached hydrogens (tertiary/aromatic N) is 1. The van der Waals surface area contributed by atoms with Gasteiger partial charge >= 0.3 is 0 Å². The molecule has 0 radical (unpaired) electrons. The van der Waals surface area contributed by atoms with Crippen molar-refractivity contribution in [1.82, 2.24) is 10.2 Å². The molecule has 22 heavy (non-hydrogen) atoms. The van der Waals surface area contributed by atoms with Gasteiger partial charge in [-0.25, -0.2) is 0 Å². The molecule has 1 fully saturated rings. The van der Waals surface area contributed by atoms with E-state index in [1.807, 2.05) is 6.07 Å². The molecule has 0 unspecified atom stereocenters. The molecule has 0 saturated carbocycles. The Kier molecular flexibility index (Phi) is 11.3. The van der Waals surface area contributed by atoms with E-state index in [1.54, 1.807) is 0 Å². The molecule has 0 amide bonds. The summed E-state index contributed by atoms with van der Waals surface area (Å²) in [5.41, 5.74) is 1.03. The number of unbranched alkanes of at least 4 members (excludes halogenated alkanes) is 1. The second kappa shape index (κ2) is 11.1. The predicted octanol–water partition coefficient (Wildman–Crippen LogP) is 4.90. The van der Waals surface area contributed by atoms with Crippen LogP contribution in [0, 0.1) is 0 Å². The van der Waals surface area contributed by atoms with Crippen LogP contribution >= 0.6 is 56.7 Å². The predicted molar refractivity (Wildman–Crippen MR) is 105 cm³/mol. The van der Waals surface area contributed by atoms with Crippen LogP contribution in [0.1, 0.15) is 37.8 Å². The van der Waals surface area contributed by atoms with Gasteiger partial charge in [0.25, 0.3) is 0 Å². The average Bonchev–Trinajstić information content (AvgIpc) is 2.45. The van der Waals surface area contributed by atoms with Crippen LogP contribution in [0.25, 0.3) is 0 Å². The number of halogens is 4. The lowest BCUT2D eigenvalue weighted by Crippen LogP contribution is -2.45. The molecule has 1 aliphatic rings. The van der Waals surface area contributed by atoms with Crippen LogP contribution in [0.15, 0.2) is 21.1 Å². The molecule has 2 rings (SSSR count).